The van der Waals surface area contributed by atoms with E-state index in [-0.39, 0.29) is 30.0 Å². The highest BCUT2D eigenvalue weighted by atomic mass is 127. The second-order valence-electron chi connectivity index (χ2n) is 6.99. The molecule has 0 bridgehead atoms. The van der Waals surface area contributed by atoms with Crippen LogP contribution in [0.3, 0.4) is 0 Å². The molecule has 2 unspecified atom stereocenters. The maximum absolute atomic E-state index is 5.76. The molecule has 0 saturated carbocycles. The van der Waals surface area contributed by atoms with E-state index in [9.17, 15) is 0 Å². The SMILES string of the molecule is CCNC(=NCC1CN(C)CCN1C)NC1CCOc2ccccc21.I. The summed E-state index contributed by atoms with van der Waals surface area (Å²) in [6.07, 6.45) is 0.952. The summed E-state index contributed by atoms with van der Waals surface area (Å²) in [5.41, 5.74) is 1.22. The van der Waals surface area contributed by atoms with Crippen LogP contribution in [0.5, 0.6) is 5.75 Å². The summed E-state index contributed by atoms with van der Waals surface area (Å²) < 4.78 is 5.76. The van der Waals surface area contributed by atoms with Crippen molar-refractivity contribution in [2.75, 3.05) is 53.4 Å². The number of aliphatic imine (C=N–C) groups is 1. The molecular weight excluding hydrogens is 441 g/mol. The normalized spacial score (nSPS) is 24.2. The highest BCUT2D eigenvalue weighted by Gasteiger charge is 2.24. The predicted octanol–water partition coefficient (Wildman–Crippen LogP) is 1.93. The lowest BCUT2D eigenvalue weighted by Crippen LogP contribution is -2.51. The maximum atomic E-state index is 5.76. The van der Waals surface area contributed by atoms with E-state index in [1.165, 1.54) is 5.56 Å². The number of fused-ring (bicyclic) bond motifs is 1. The Kier molecular flexibility index (Phi) is 8.43. The Bertz CT molecular complexity index is 597. The molecule has 1 fully saturated rings. The Balaban J connectivity index is 0.00000243. The molecule has 2 atom stereocenters. The molecule has 0 amide bonds. The fourth-order valence-electron chi connectivity index (χ4n) is 3.47. The van der Waals surface area contributed by atoms with Crippen molar-refractivity contribution in [3.05, 3.63) is 29.8 Å². The molecule has 2 aliphatic rings. The van der Waals surface area contributed by atoms with Crippen LogP contribution in [0, 0.1) is 0 Å². The lowest BCUT2D eigenvalue weighted by molar-refractivity contribution is 0.119. The first-order valence-electron chi connectivity index (χ1n) is 9.32. The summed E-state index contributed by atoms with van der Waals surface area (Å²) in [6, 6.07) is 8.99. The van der Waals surface area contributed by atoms with Gasteiger partial charge in [-0.05, 0) is 27.1 Å². The standard InChI is InChI=1S/C19H31N5O.HI/c1-4-20-19(21-13-15-14-23(2)10-11-24(15)3)22-17-9-12-25-18-8-6-5-7-16(17)18;/h5-8,15,17H,4,9-14H2,1-3H3,(H2,20,21,22);1H. The van der Waals surface area contributed by atoms with Crippen molar-refractivity contribution in [3.8, 4) is 5.75 Å². The minimum Gasteiger partial charge on any atom is -0.493 e. The minimum absolute atomic E-state index is 0. The van der Waals surface area contributed by atoms with Crippen molar-refractivity contribution in [1.29, 1.82) is 0 Å². The summed E-state index contributed by atoms with van der Waals surface area (Å²) in [5.74, 6) is 1.88. The van der Waals surface area contributed by atoms with Crippen molar-refractivity contribution >= 4 is 29.9 Å². The van der Waals surface area contributed by atoms with Gasteiger partial charge in [0.05, 0.1) is 19.2 Å². The van der Waals surface area contributed by atoms with Gasteiger partial charge in [0.15, 0.2) is 5.96 Å². The summed E-state index contributed by atoms with van der Waals surface area (Å²) in [4.78, 5) is 9.67. The van der Waals surface area contributed by atoms with Gasteiger partial charge in [0.2, 0.25) is 0 Å². The largest absolute Gasteiger partial charge is 0.493 e. The summed E-state index contributed by atoms with van der Waals surface area (Å²) >= 11 is 0. The van der Waals surface area contributed by atoms with Crippen LogP contribution < -0.4 is 15.4 Å². The molecule has 1 aromatic rings. The van der Waals surface area contributed by atoms with Crippen LogP contribution in [-0.4, -0.2) is 75.2 Å². The Morgan fingerprint density at radius 1 is 1.27 bits per heavy atom. The van der Waals surface area contributed by atoms with E-state index >= 15 is 0 Å². The van der Waals surface area contributed by atoms with Crippen LogP contribution >= 0.6 is 24.0 Å². The number of hydrogen-bond acceptors (Lipinski definition) is 4. The molecule has 1 aromatic carbocycles. The first-order chi connectivity index (χ1) is 12.2. The monoisotopic (exact) mass is 473 g/mol. The summed E-state index contributed by atoms with van der Waals surface area (Å²) in [5, 5.41) is 7.00. The molecule has 0 aromatic heterocycles. The van der Waals surface area contributed by atoms with E-state index in [0.29, 0.717) is 6.04 Å². The first kappa shape index (κ1) is 21.2. The average Bonchev–Trinajstić information content (AvgIpc) is 2.63. The Morgan fingerprint density at radius 2 is 2.08 bits per heavy atom. The number of nitrogens with zero attached hydrogens (tertiary/aromatic N) is 3. The van der Waals surface area contributed by atoms with Gasteiger partial charge < -0.3 is 20.3 Å². The van der Waals surface area contributed by atoms with Crippen molar-refractivity contribution in [3.63, 3.8) is 0 Å². The number of benzene rings is 1. The molecule has 2 heterocycles. The Hall–Kier alpha value is -1.06. The van der Waals surface area contributed by atoms with Crippen LogP contribution in [0.2, 0.25) is 0 Å². The Morgan fingerprint density at radius 3 is 2.88 bits per heavy atom. The predicted molar refractivity (Wildman–Crippen MR) is 118 cm³/mol. The van der Waals surface area contributed by atoms with E-state index in [4.69, 9.17) is 9.73 Å². The molecule has 2 N–H and O–H groups in total. The lowest BCUT2D eigenvalue weighted by Gasteiger charge is -2.37. The lowest BCUT2D eigenvalue weighted by atomic mass is 10.0. The number of halogens is 1. The molecule has 0 aliphatic carbocycles. The van der Waals surface area contributed by atoms with Crippen molar-refractivity contribution in [2.24, 2.45) is 4.99 Å². The first-order valence-corrected chi connectivity index (χ1v) is 9.32. The molecular formula is C19H32IN5O. The second-order valence-corrected chi connectivity index (χ2v) is 6.99. The minimum atomic E-state index is 0. The van der Waals surface area contributed by atoms with Crippen molar-refractivity contribution in [2.45, 2.75) is 25.4 Å². The molecule has 6 nitrogen and oxygen atoms in total. The van der Waals surface area contributed by atoms with Gasteiger partial charge in [0, 0.05) is 44.2 Å². The molecule has 2 aliphatic heterocycles. The van der Waals surface area contributed by atoms with E-state index < -0.39 is 0 Å². The maximum Gasteiger partial charge on any atom is 0.191 e. The van der Waals surface area contributed by atoms with Gasteiger partial charge in [0.1, 0.15) is 5.75 Å². The average molecular weight is 473 g/mol. The molecule has 1 saturated heterocycles. The van der Waals surface area contributed by atoms with Crippen LogP contribution in [-0.2, 0) is 0 Å². The summed E-state index contributed by atoms with van der Waals surface area (Å²) in [6.45, 7) is 7.82. The second kappa shape index (κ2) is 10.3. The molecule has 146 valence electrons. The third-order valence-corrected chi connectivity index (χ3v) is 5.05. The van der Waals surface area contributed by atoms with Gasteiger partial charge in [-0.3, -0.25) is 9.89 Å². The van der Waals surface area contributed by atoms with Crippen LogP contribution in [0.4, 0.5) is 0 Å². The van der Waals surface area contributed by atoms with E-state index in [1.54, 1.807) is 0 Å². The number of rotatable bonds is 4. The third kappa shape index (κ3) is 5.47. The Labute approximate surface area is 174 Å². The molecule has 26 heavy (non-hydrogen) atoms. The van der Waals surface area contributed by atoms with Crippen LogP contribution in [0.1, 0.15) is 24.9 Å². The van der Waals surface area contributed by atoms with Gasteiger partial charge in [-0.2, -0.15) is 0 Å². The number of ether oxygens (including phenoxy) is 1. The summed E-state index contributed by atoms with van der Waals surface area (Å²) in [7, 11) is 4.38. The molecule has 7 heteroatoms. The number of para-hydroxylation sites is 1. The zero-order valence-corrected chi connectivity index (χ0v) is 18.4. The number of hydrogen-bond donors (Lipinski definition) is 2. The van der Waals surface area contributed by atoms with E-state index in [2.05, 4.69) is 53.6 Å². The topological polar surface area (TPSA) is 52.1 Å². The van der Waals surface area contributed by atoms with Crippen LogP contribution in [0.15, 0.2) is 29.3 Å². The van der Waals surface area contributed by atoms with Gasteiger partial charge in [-0.15, -0.1) is 24.0 Å². The molecule has 0 radical (unpaired) electrons. The highest BCUT2D eigenvalue weighted by Crippen LogP contribution is 2.31. The van der Waals surface area contributed by atoms with Crippen molar-refractivity contribution in [1.82, 2.24) is 20.4 Å². The zero-order chi connectivity index (χ0) is 17.6. The highest BCUT2D eigenvalue weighted by molar-refractivity contribution is 14.0. The number of piperazine rings is 1. The quantitative estimate of drug-likeness (QED) is 0.398. The zero-order valence-electron chi connectivity index (χ0n) is 16.1. The van der Waals surface area contributed by atoms with Crippen LogP contribution in [0.25, 0.3) is 0 Å². The fraction of sp³-hybridized carbons (Fsp3) is 0.632. The van der Waals surface area contributed by atoms with Gasteiger partial charge in [0.25, 0.3) is 0 Å². The number of nitrogens with one attached hydrogen (secondary N) is 2. The van der Waals surface area contributed by atoms with Gasteiger partial charge in [-0.25, -0.2) is 0 Å². The number of likely N-dealkylation sites (N-methyl/N-ethyl adjacent to an activating group) is 2. The molecule has 3 rings (SSSR count). The van der Waals surface area contributed by atoms with E-state index in [1.807, 2.05) is 12.1 Å². The smallest absolute Gasteiger partial charge is 0.191 e. The van der Waals surface area contributed by atoms with E-state index in [0.717, 1.165) is 57.5 Å². The van der Waals surface area contributed by atoms with Gasteiger partial charge >= 0.3 is 0 Å². The molecule has 0 spiro atoms. The number of guanidine groups is 1. The van der Waals surface area contributed by atoms with Gasteiger partial charge in [-0.1, -0.05) is 18.2 Å². The third-order valence-electron chi connectivity index (χ3n) is 5.05. The fourth-order valence-corrected chi connectivity index (χ4v) is 3.47. The van der Waals surface area contributed by atoms with Crippen molar-refractivity contribution < 1.29 is 4.74 Å².